The zero-order valence-corrected chi connectivity index (χ0v) is 30.0. The molecule has 0 saturated heterocycles. The summed E-state index contributed by atoms with van der Waals surface area (Å²) in [5, 5.41) is 0.689. The normalized spacial score (nSPS) is 15.5. The van der Waals surface area contributed by atoms with Gasteiger partial charge in [-0.3, -0.25) is 4.79 Å². The molecule has 1 heterocycles. The highest BCUT2D eigenvalue weighted by Crippen LogP contribution is 2.55. The molecule has 1 unspecified atom stereocenters. The fourth-order valence-electron chi connectivity index (χ4n) is 5.81. The molecule has 3 aromatic rings. The molecular formula is C38H48F6O7. The van der Waals surface area contributed by atoms with E-state index in [-0.39, 0.29) is 16.6 Å². The first-order valence-electron chi connectivity index (χ1n) is 17.3. The smallest absolute Gasteiger partial charge is 0.494 e. The minimum atomic E-state index is -5.37. The number of fused-ring (bicyclic) bond motifs is 1. The van der Waals surface area contributed by atoms with Gasteiger partial charge in [-0.05, 0) is 78.8 Å². The zero-order chi connectivity index (χ0) is 37.7. The van der Waals surface area contributed by atoms with Gasteiger partial charge >= 0.3 is 24.5 Å². The van der Waals surface area contributed by atoms with Crippen LogP contribution in [-0.2, 0) is 25.4 Å². The predicted octanol–water partition coefficient (Wildman–Crippen LogP) is 11.2. The Labute approximate surface area is 294 Å². The maximum Gasteiger partial charge on any atom is 0.494 e. The Morgan fingerprint density at radius 3 is 2.18 bits per heavy atom. The number of furan rings is 1. The highest BCUT2D eigenvalue weighted by atomic mass is 19.3. The number of hydrogen-bond acceptors (Lipinski definition) is 7. The number of esters is 1. The van der Waals surface area contributed by atoms with E-state index in [0.717, 1.165) is 49.7 Å². The number of benzene rings is 2. The third-order valence-corrected chi connectivity index (χ3v) is 8.91. The first kappa shape index (κ1) is 40.3. The van der Waals surface area contributed by atoms with E-state index in [1.807, 2.05) is 45.9 Å². The Bertz CT molecular complexity index is 1610. The van der Waals surface area contributed by atoms with Crippen LogP contribution in [0.4, 0.5) is 26.3 Å². The molecule has 1 atom stereocenters. The molecule has 1 aliphatic carbocycles. The van der Waals surface area contributed by atoms with Gasteiger partial charge in [0.15, 0.2) is 0 Å². The van der Waals surface area contributed by atoms with Crippen molar-refractivity contribution in [3.63, 3.8) is 0 Å². The van der Waals surface area contributed by atoms with Crippen molar-refractivity contribution < 1.29 is 59.2 Å². The standard InChI is InChI=1S/C38H48F6O7/c1-7-8-9-10-25-11-14-28(31(21-25)46-6)32-22-26-12-13-27(23-30(26)49-32)47-19-17-36(39,40)50-38(43,44)51-37(41,42)18-20-48-33(45)29(24-34(2,3)4)35(5)15-16-35/h11-14,21-23,29H,7-10,15-20,24H2,1-6H3. The van der Waals surface area contributed by atoms with Crippen LogP contribution in [0.25, 0.3) is 22.3 Å². The SMILES string of the molecule is CCCCCc1ccc(-c2cc3ccc(OCCC(F)(F)OC(F)(F)OC(F)(F)CCOC(=O)C(CC(C)(C)C)C4(C)CC4)cc3o2)c(OC)c1. The van der Waals surface area contributed by atoms with Crippen molar-refractivity contribution in [1.82, 2.24) is 0 Å². The average Bonchev–Trinajstić information content (AvgIpc) is 3.62. The number of ether oxygens (including phenoxy) is 5. The largest absolute Gasteiger partial charge is 0.496 e. The van der Waals surface area contributed by atoms with Crippen LogP contribution in [0.5, 0.6) is 11.5 Å². The predicted molar refractivity (Wildman–Crippen MR) is 179 cm³/mol. The first-order chi connectivity index (χ1) is 23.7. The topological polar surface area (TPSA) is 76.4 Å². The molecule has 2 aromatic carbocycles. The lowest BCUT2D eigenvalue weighted by atomic mass is 9.77. The zero-order valence-electron chi connectivity index (χ0n) is 30.0. The molecule has 284 valence electrons. The monoisotopic (exact) mass is 730 g/mol. The Morgan fingerprint density at radius 1 is 0.902 bits per heavy atom. The summed E-state index contributed by atoms with van der Waals surface area (Å²) in [7, 11) is 1.56. The minimum absolute atomic E-state index is 0.0990. The van der Waals surface area contributed by atoms with Crippen LogP contribution in [0.3, 0.4) is 0 Å². The molecule has 51 heavy (non-hydrogen) atoms. The lowest BCUT2D eigenvalue weighted by molar-refractivity contribution is -0.514. The molecule has 0 spiro atoms. The number of alkyl halides is 6. The van der Waals surface area contributed by atoms with E-state index < -0.39 is 56.5 Å². The molecule has 13 heteroatoms. The second kappa shape index (κ2) is 16.1. The summed E-state index contributed by atoms with van der Waals surface area (Å²) in [5.41, 5.74) is 1.67. The Balaban J connectivity index is 1.27. The molecule has 0 radical (unpaired) electrons. The fourth-order valence-corrected chi connectivity index (χ4v) is 5.81. The fraction of sp³-hybridized carbons (Fsp3) is 0.605. The number of unbranched alkanes of at least 4 members (excludes halogenated alkanes) is 2. The second-order valence-corrected chi connectivity index (χ2v) is 14.7. The van der Waals surface area contributed by atoms with E-state index in [9.17, 15) is 31.1 Å². The van der Waals surface area contributed by atoms with Gasteiger partial charge in [-0.15, -0.1) is 8.78 Å². The van der Waals surface area contributed by atoms with E-state index in [0.29, 0.717) is 28.9 Å². The summed E-state index contributed by atoms with van der Waals surface area (Å²) >= 11 is 0. The van der Waals surface area contributed by atoms with E-state index in [1.54, 1.807) is 19.2 Å². The van der Waals surface area contributed by atoms with Crippen LogP contribution >= 0.6 is 0 Å². The van der Waals surface area contributed by atoms with Crippen molar-refractivity contribution in [1.29, 1.82) is 0 Å². The number of carbonyl (C=O) groups is 1. The molecule has 0 amide bonds. The molecule has 1 aliphatic rings. The van der Waals surface area contributed by atoms with Crippen molar-refractivity contribution in [3.8, 4) is 22.8 Å². The number of methoxy groups -OCH3 is 1. The maximum absolute atomic E-state index is 14.3. The van der Waals surface area contributed by atoms with Gasteiger partial charge in [-0.25, -0.2) is 9.47 Å². The van der Waals surface area contributed by atoms with Crippen LogP contribution in [-0.4, -0.2) is 44.8 Å². The number of aryl methyl sites for hydroxylation is 1. The van der Waals surface area contributed by atoms with E-state index in [1.165, 1.54) is 12.1 Å². The van der Waals surface area contributed by atoms with Crippen molar-refractivity contribution in [2.24, 2.45) is 16.7 Å². The van der Waals surface area contributed by atoms with Crippen LogP contribution in [0.2, 0.25) is 0 Å². The minimum Gasteiger partial charge on any atom is -0.496 e. The lowest BCUT2D eigenvalue weighted by Gasteiger charge is -2.29. The Hall–Kier alpha value is -3.45. The summed E-state index contributed by atoms with van der Waals surface area (Å²) in [6, 6.07) is 12.2. The molecule has 7 nitrogen and oxygen atoms in total. The molecule has 1 aromatic heterocycles. The second-order valence-electron chi connectivity index (χ2n) is 14.7. The molecule has 1 fully saturated rings. The van der Waals surface area contributed by atoms with E-state index in [4.69, 9.17) is 18.6 Å². The third kappa shape index (κ3) is 12.1. The number of halogens is 6. The molecule has 0 aliphatic heterocycles. The van der Waals surface area contributed by atoms with E-state index in [2.05, 4.69) is 16.4 Å². The number of carbonyl (C=O) groups excluding carboxylic acids is 1. The van der Waals surface area contributed by atoms with Gasteiger partial charge in [-0.1, -0.05) is 53.5 Å². The number of hydrogen-bond donors (Lipinski definition) is 0. The van der Waals surface area contributed by atoms with Gasteiger partial charge in [0.1, 0.15) is 22.8 Å². The summed E-state index contributed by atoms with van der Waals surface area (Å²) in [6.45, 7) is 8.04. The number of rotatable bonds is 20. The Kier molecular flexibility index (Phi) is 12.7. The van der Waals surface area contributed by atoms with Crippen LogP contribution in [0, 0.1) is 16.7 Å². The molecule has 4 rings (SSSR count). The van der Waals surface area contributed by atoms with Crippen LogP contribution in [0.1, 0.15) is 91.5 Å². The summed E-state index contributed by atoms with van der Waals surface area (Å²) in [4.78, 5) is 12.7. The highest BCUT2D eigenvalue weighted by Gasteiger charge is 2.53. The maximum atomic E-state index is 14.3. The molecule has 0 N–H and O–H groups in total. The van der Waals surface area contributed by atoms with Crippen LogP contribution < -0.4 is 9.47 Å². The summed E-state index contributed by atoms with van der Waals surface area (Å²) in [6.07, 6.45) is -11.3. The first-order valence-corrected chi connectivity index (χ1v) is 17.3. The highest BCUT2D eigenvalue weighted by molar-refractivity contribution is 5.85. The van der Waals surface area contributed by atoms with Gasteiger partial charge in [0, 0.05) is 11.5 Å². The van der Waals surface area contributed by atoms with Crippen molar-refractivity contribution in [2.45, 2.75) is 111 Å². The van der Waals surface area contributed by atoms with Crippen LogP contribution in [0.15, 0.2) is 46.9 Å². The van der Waals surface area contributed by atoms with Gasteiger partial charge in [0.25, 0.3) is 0 Å². The van der Waals surface area contributed by atoms with E-state index >= 15 is 0 Å². The molecule has 0 bridgehead atoms. The van der Waals surface area contributed by atoms with Gasteiger partial charge in [0.05, 0.1) is 44.6 Å². The molecule has 1 saturated carbocycles. The van der Waals surface area contributed by atoms with Gasteiger partial charge < -0.3 is 18.6 Å². The lowest BCUT2D eigenvalue weighted by Crippen LogP contribution is -2.41. The van der Waals surface area contributed by atoms with Gasteiger partial charge in [0.2, 0.25) is 0 Å². The Morgan fingerprint density at radius 2 is 1.57 bits per heavy atom. The summed E-state index contributed by atoms with van der Waals surface area (Å²) < 4.78 is 114. The summed E-state index contributed by atoms with van der Waals surface area (Å²) in [5.74, 6) is -0.0320. The third-order valence-electron chi connectivity index (χ3n) is 8.91. The average molecular weight is 731 g/mol. The van der Waals surface area contributed by atoms with Gasteiger partial charge in [-0.2, -0.15) is 17.6 Å². The quantitative estimate of drug-likeness (QED) is 0.0496. The van der Waals surface area contributed by atoms with Crippen molar-refractivity contribution in [3.05, 3.63) is 48.0 Å². The van der Waals surface area contributed by atoms with Crippen molar-refractivity contribution >= 4 is 16.9 Å². The molecular weight excluding hydrogens is 682 g/mol. The van der Waals surface area contributed by atoms with Crippen molar-refractivity contribution in [2.75, 3.05) is 20.3 Å².